The van der Waals surface area contributed by atoms with Crippen molar-refractivity contribution in [3.63, 3.8) is 0 Å². The number of alkyl halides is 3. The van der Waals surface area contributed by atoms with Gasteiger partial charge in [-0.05, 0) is 41.8 Å². The molecule has 5 nitrogen and oxygen atoms in total. The molecule has 1 aliphatic rings. The zero-order valence-electron chi connectivity index (χ0n) is 15.4. The van der Waals surface area contributed by atoms with Crippen LogP contribution in [0.25, 0.3) is 5.57 Å². The summed E-state index contributed by atoms with van der Waals surface area (Å²) in [6.07, 6.45) is -3.59. The number of halogens is 3. The summed E-state index contributed by atoms with van der Waals surface area (Å²) in [5.41, 5.74) is -0.271. The number of hydrogen-bond donors (Lipinski definition) is 0. The molecule has 0 amide bonds. The van der Waals surface area contributed by atoms with Crippen molar-refractivity contribution < 1.29 is 31.1 Å². The normalized spacial score (nSPS) is 17.7. The van der Waals surface area contributed by atoms with E-state index >= 15 is 0 Å². The Morgan fingerprint density at radius 2 is 1.86 bits per heavy atom. The number of benzene rings is 2. The topological polar surface area (TPSA) is 63.7 Å². The van der Waals surface area contributed by atoms with Gasteiger partial charge in [-0.2, -0.15) is 17.5 Å². The highest BCUT2D eigenvalue weighted by Crippen LogP contribution is 2.38. The number of nitrogens with zero attached hydrogens (tertiary/aromatic N) is 1. The SMILES string of the molecule is CCOC(=O)/C=C1\CN(Cc2ccccc2)S(=O)(=O)c2ccc(C(F)(F)F)cc21. The number of ether oxygens (including phenoxy) is 1. The van der Waals surface area contributed by atoms with E-state index in [9.17, 15) is 26.4 Å². The van der Waals surface area contributed by atoms with Crippen LogP contribution in [0.3, 0.4) is 0 Å². The number of carbonyl (C=O) groups is 1. The van der Waals surface area contributed by atoms with Crippen molar-refractivity contribution in [2.45, 2.75) is 24.5 Å². The average molecular weight is 425 g/mol. The van der Waals surface area contributed by atoms with Crippen LogP contribution < -0.4 is 0 Å². The fourth-order valence-electron chi connectivity index (χ4n) is 3.06. The smallest absolute Gasteiger partial charge is 0.416 e. The number of hydrogen-bond acceptors (Lipinski definition) is 4. The van der Waals surface area contributed by atoms with Crippen molar-refractivity contribution in [2.24, 2.45) is 0 Å². The Labute approximate surface area is 166 Å². The molecule has 1 aliphatic heterocycles. The van der Waals surface area contributed by atoms with Gasteiger partial charge in [0.1, 0.15) is 0 Å². The zero-order valence-corrected chi connectivity index (χ0v) is 16.3. The van der Waals surface area contributed by atoms with Crippen LogP contribution in [0.5, 0.6) is 0 Å². The molecule has 0 spiro atoms. The van der Waals surface area contributed by atoms with Crippen molar-refractivity contribution >= 4 is 21.6 Å². The minimum Gasteiger partial charge on any atom is -0.463 e. The molecule has 0 atom stereocenters. The van der Waals surface area contributed by atoms with Crippen LogP contribution in [-0.2, 0) is 32.3 Å². The highest BCUT2D eigenvalue weighted by molar-refractivity contribution is 7.89. The van der Waals surface area contributed by atoms with Gasteiger partial charge < -0.3 is 4.74 Å². The molecule has 1 heterocycles. The van der Waals surface area contributed by atoms with Gasteiger partial charge in [0.05, 0.1) is 17.1 Å². The number of rotatable bonds is 4. The number of esters is 1. The van der Waals surface area contributed by atoms with Gasteiger partial charge in [-0.3, -0.25) is 0 Å². The molecular formula is C20H18F3NO4S. The minimum absolute atomic E-state index is 0.0177. The first-order valence-electron chi connectivity index (χ1n) is 8.76. The monoisotopic (exact) mass is 425 g/mol. The summed E-state index contributed by atoms with van der Waals surface area (Å²) in [7, 11) is -4.05. The maximum atomic E-state index is 13.2. The van der Waals surface area contributed by atoms with Crippen molar-refractivity contribution in [1.82, 2.24) is 4.31 Å². The first kappa shape index (κ1) is 21.1. The lowest BCUT2D eigenvalue weighted by molar-refractivity contribution is -0.138. The van der Waals surface area contributed by atoms with E-state index in [0.29, 0.717) is 5.56 Å². The third-order valence-electron chi connectivity index (χ3n) is 4.40. The molecule has 0 radical (unpaired) electrons. The first-order valence-corrected chi connectivity index (χ1v) is 10.2. The van der Waals surface area contributed by atoms with Gasteiger partial charge in [-0.1, -0.05) is 30.3 Å². The lowest BCUT2D eigenvalue weighted by Crippen LogP contribution is -2.36. The summed E-state index contributed by atoms with van der Waals surface area (Å²) in [5, 5.41) is 0. The zero-order chi connectivity index (χ0) is 21.2. The van der Waals surface area contributed by atoms with Crippen molar-refractivity contribution in [3.05, 3.63) is 71.3 Å². The second-order valence-electron chi connectivity index (χ2n) is 6.39. The van der Waals surface area contributed by atoms with Gasteiger partial charge in [0.2, 0.25) is 10.0 Å². The Bertz CT molecular complexity index is 1050. The highest BCUT2D eigenvalue weighted by Gasteiger charge is 2.38. The van der Waals surface area contributed by atoms with E-state index in [1.807, 2.05) is 0 Å². The molecule has 3 rings (SSSR count). The lowest BCUT2D eigenvalue weighted by atomic mass is 10.0. The van der Waals surface area contributed by atoms with Crippen molar-refractivity contribution in [1.29, 1.82) is 0 Å². The summed E-state index contributed by atoms with van der Waals surface area (Å²) in [5.74, 6) is -0.746. The fraction of sp³-hybridized carbons (Fsp3) is 0.250. The highest BCUT2D eigenvalue weighted by atomic mass is 32.2. The van der Waals surface area contributed by atoms with Crippen LogP contribution in [0.15, 0.2) is 59.5 Å². The van der Waals surface area contributed by atoms with E-state index in [1.54, 1.807) is 37.3 Å². The molecule has 0 aromatic heterocycles. The molecule has 0 aliphatic carbocycles. The Morgan fingerprint density at radius 1 is 1.17 bits per heavy atom. The van der Waals surface area contributed by atoms with Gasteiger partial charge in [0.15, 0.2) is 0 Å². The fourth-order valence-corrected chi connectivity index (χ4v) is 4.67. The van der Waals surface area contributed by atoms with E-state index in [4.69, 9.17) is 4.74 Å². The maximum absolute atomic E-state index is 13.2. The minimum atomic E-state index is -4.64. The first-order chi connectivity index (χ1) is 13.6. The quantitative estimate of drug-likeness (QED) is 0.551. The number of fused-ring (bicyclic) bond motifs is 1. The summed E-state index contributed by atoms with van der Waals surface area (Å²) in [6, 6.07) is 11.2. The molecule has 2 aromatic rings. The van der Waals surface area contributed by atoms with Gasteiger partial charge >= 0.3 is 12.1 Å². The lowest BCUT2D eigenvalue weighted by Gasteiger charge is -2.30. The Kier molecular flexibility index (Phi) is 5.81. The number of sulfonamides is 1. The molecule has 0 saturated heterocycles. The van der Waals surface area contributed by atoms with Crippen LogP contribution in [0, 0.1) is 0 Å². The molecule has 0 saturated carbocycles. The largest absolute Gasteiger partial charge is 0.463 e. The third-order valence-corrected chi connectivity index (χ3v) is 6.25. The van der Waals surface area contributed by atoms with E-state index < -0.39 is 27.7 Å². The predicted molar refractivity (Wildman–Crippen MR) is 100 cm³/mol. The molecule has 9 heteroatoms. The van der Waals surface area contributed by atoms with Crippen LogP contribution in [-0.4, -0.2) is 31.8 Å². The number of carbonyl (C=O) groups excluding carboxylic acids is 1. The van der Waals surface area contributed by atoms with Gasteiger partial charge in [0.25, 0.3) is 0 Å². The van der Waals surface area contributed by atoms with Crippen LogP contribution in [0.1, 0.15) is 23.6 Å². The third kappa shape index (κ3) is 4.51. The Balaban J connectivity index is 2.12. The predicted octanol–water partition coefficient (Wildman–Crippen LogP) is 3.86. The van der Waals surface area contributed by atoms with E-state index in [-0.39, 0.29) is 35.7 Å². The summed E-state index contributed by atoms with van der Waals surface area (Å²) in [4.78, 5) is 11.7. The molecular weight excluding hydrogens is 407 g/mol. The summed E-state index contributed by atoms with van der Waals surface area (Å²) < 4.78 is 71.5. The van der Waals surface area contributed by atoms with Crippen LogP contribution in [0.2, 0.25) is 0 Å². The molecule has 0 bridgehead atoms. The Morgan fingerprint density at radius 3 is 2.48 bits per heavy atom. The standard InChI is InChI=1S/C20H18F3NO4S/c1-2-28-19(25)10-15-13-24(12-14-6-4-3-5-7-14)29(26,27)18-9-8-16(11-17(15)18)20(21,22)23/h3-11H,2,12-13H2,1H3/b15-10+. The average Bonchev–Trinajstić information content (AvgIpc) is 2.66. The van der Waals surface area contributed by atoms with E-state index in [0.717, 1.165) is 28.6 Å². The van der Waals surface area contributed by atoms with Crippen molar-refractivity contribution in [2.75, 3.05) is 13.2 Å². The van der Waals surface area contributed by atoms with E-state index in [1.165, 1.54) is 0 Å². The molecule has 154 valence electrons. The molecule has 0 fully saturated rings. The molecule has 2 aromatic carbocycles. The van der Waals surface area contributed by atoms with Crippen LogP contribution >= 0.6 is 0 Å². The van der Waals surface area contributed by atoms with Crippen LogP contribution in [0.4, 0.5) is 13.2 Å². The summed E-state index contributed by atoms with van der Waals surface area (Å²) in [6.45, 7) is 1.46. The van der Waals surface area contributed by atoms with E-state index in [2.05, 4.69) is 0 Å². The molecule has 0 unspecified atom stereocenters. The molecule has 0 N–H and O–H groups in total. The maximum Gasteiger partial charge on any atom is 0.416 e. The van der Waals surface area contributed by atoms with Crippen molar-refractivity contribution in [3.8, 4) is 0 Å². The second-order valence-corrected chi connectivity index (χ2v) is 8.30. The van der Waals surface area contributed by atoms with Gasteiger partial charge in [0, 0.05) is 19.2 Å². The molecule has 29 heavy (non-hydrogen) atoms. The van der Waals surface area contributed by atoms with Gasteiger partial charge in [-0.25, -0.2) is 13.2 Å². The summed E-state index contributed by atoms with van der Waals surface area (Å²) >= 11 is 0. The Hall–Kier alpha value is -2.65. The van der Waals surface area contributed by atoms with Gasteiger partial charge in [-0.15, -0.1) is 0 Å². The second kappa shape index (κ2) is 8.00.